The number of para-hydroxylation sites is 2. The van der Waals surface area contributed by atoms with E-state index in [1.165, 1.54) is 0 Å². The standard InChI is InChI=1S/C18H15N7OS/c1-2-7-14-13(6-1)20-17-22-23-18(25(14)17)27-10-4-8-15-21-16(24-26-15)12-5-3-9-19-11-12/h1-3,5-7,9,11H,4,8,10H2,(H,20,22). The van der Waals surface area contributed by atoms with E-state index in [1.807, 2.05) is 40.8 Å². The minimum atomic E-state index is 0.574. The van der Waals surface area contributed by atoms with Gasteiger partial charge in [-0.3, -0.25) is 9.38 Å². The molecule has 1 aromatic carbocycles. The van der Waals surface area contributed by atoms with Gasteiger partial charge in [0.2, 0.25) is 17.5 Å². The monoisotopic (exact) mass is 377 g/mol. The molecule has 8 nitrogen and oxygen atoms in total. The maximum Gasteiger partial charge on any atom is 0.231 e. The third kappa shape index (κ3) is 3.06. The van der Waals surface area contributed by atoms with Crippen molar-refractivity contribution < 1.29 is 4.52 Å². The van der Waals surface area contributed by atoms with Gasteiger partial charge < -0.3 is 4.52 Å². The van der Waals surface area contributed by atoms with Crippen molar-refractivity contribution in [2.45, 2.75) is 18.0 Å². The molecule has 0 aliphatic carbocycles. The number of aromatic amines is 1. The Bertz CT molecular complexity index is 1190. The van der Waals surface area contributed by atoms with E-state index in [1.54, 1.807) is 24.2 Å². The first-order chi connectivity index (χ1) is 13.4. The minimum absolute atomic E-state index is 0.574. The number of pyridine rings is 1. The Morgan fingerprint density at radius 1 is 1.11 bits per heavy atom. The van der Waals surface area contributed by atoms with Crippen LogP contribution in [0, 0.1) is 0 Å². The van der Waals surface area contributed by atoms with Crippen molar-refractivity contribution in [2.24, 2.45) is 0 Å². The van der Waals surface area contributed by atoms with E-state index in [9.17, 15) is 0 Å². The zero-order valence-corrected chi connectivity index (χ0v) is 15.1. The van der Waals surface area contributed by atoms with Gasteiger partial charge in [0, 0.05) is 30.1 Å². The van der Waals surface area contributed by atoms with Gasteiger partial charge in [0.25, 0.3) is 0 Å². The molecule has 0 fully saturated rings. The second kappa shape index (κ2) is 6.84. The number of thioether (sulfide) groups is 1. The molecule has 134 valence electrons. The quantitative estimate of drug-likeness (QED) is 0.358. The van der Waals surface area contributed by atoms with Gasteiger partial charge in [-0.05, 0) is 30.7 Å². The van der Waals surface area contributed by atoms with Gasteiger partial charge in [-0.1, -0.05) is 29.1 Å². The van der Waals surface area contributed by atoms with Crippen LogP contribution in [0.5, 0.6) is 0 Å². The van der Waals surface area contributed by atoms with Crippen LogP contribution >= 0.6 is 11.8 Å². The SMILES string of the molecule is c1cncc(-c2noc(CCCSc3n[nH]c4nc5ccccc5n34)n2)c1. The zero-order valence-electron chi connectivity index (χ0n) is 14.2. The van der Waals surface area contributed by atoms with Crippen molar-refractivity contribution in [1.82, 2.24) is 34.7 Å². The lowest BCUT2D eigenvalue weighted by atomic mass is 10.3. The van der Waals surface area contributed by atoms with Gasteiger partial charge in [0.05, 0.1) is 11.0 Å². The van der Waals surface area contributed by atoms with Gasteiger partial charge in [0.1, 0.15) is 0 Å². The highest BCUT2D eigenvalue weighted by molar-refractivity contribution is 7.99. The fraction of sp³-hybridized carbons (Fsp3) is 0.167. The maximum absolute atomic E-state index is 5.34. The van der Waals surface area contributed by atoms with Crippen LogP contribution in [0.3, 0.4) is 0 Å². The number of imidazole rings is 1. The number of nitrogens with one attached hydrogen (secondary N) is 1. The van der Waals surface area contributed by atoms with Crippen molar-refractivity contribution >= 4 is 28.6 Å². The summed E-state index contributed by atoms with van der Waals surface area (Å²) < 4.78 is 7.39. The third-order valence-electron chi connectivity index (χ3n) is 4.16. The molecule has 27 heavy (non-hydrogen) atoms. The van der Waals surface area contributed by atoms with E-state index < -0.39 is 0 Å². The van der Waals surface area contributed by atoms with E-state index in [2.05, 4.69) is 30.3 Å². The topological polar surface area (TPSA) is 97.8 Å². The molecule has 5 aromatic rings. The van der Waals surface area contributed by atoms with Gasteiger partial charge in [0.15, 0.2) is 5.16 Å². The molecular weight excluding hydrogens is 362 g/mol. The van der Waals surface area contributed by atoms with Gasteiger partial charge in [-0.15, -0.1) is 5.10 Å². The highest BCUT2D eigenvalue weighted by Gasteiger charge is 2.12. The number of benzene rings is 1. The molecule has 0 saturated heterocycles. The molecular formula is C18H15N7OS. The van der Waals surface area contributed by atoms with Crippen molar-refractivity contribution in [3.8, 4) is 11.4 Å². The maximum atomic E-state index is 5.34. The Morgan fingerprint density at radius 3 is 3.00 bits per heavy atom. The first-order valence-electron chi connectivity index (χ1n) is 8.56. The summed E-state index contributed by atoms with van der Waals surface area (Å²) >= 11 is 1.68. The van der Waals surface area contributed by atoms with E-state index in [0.717, 1.165) is 46.1 Å². The molecule has 1 N–H and O–H groups in total. The smallest absolute Gasteiger partial charge is 0.231 e. The van der Waals surface area contributed by atoms with Crippen molar-refractivity contribution in [3.63, 3.8) is 0 Å². The number of fused-ring (bicyclic) bond motifs is 3. The highest BCUT2D eigenvalue weighted by atomic mass is 32.2. The normalized spacial score (nSPS) is 11.6. The number of hydrogen-bond donors (Lipinski definition) is 1. The number of rotatable bonds is 6. The van der Waals surface area contributed by atoms with E-state index >= 15 is 0 Å². The second-order valence-electron chi connectivity index (χ2n) is 5.97. The van der Waals surface area contributed by atoms with Crippen LogP contribution in [0.1, 0.15) is 12.3 Å². The van der Waals surface area contributed by atoms with Crippen molar-refractivity contribution in [2.75, 3.05) is 5.75 Å². The molecule has 0 spiro atoms. The molecule has 9 heteroatoms. The van der Waals surface area contributed by atoms with E-state index in [4.69, 9.17) is 4.52 Å². The van der Waals surface area contributed by atoms with Crippen LogP contribution in [-0.2, 0) is 6.42 Å². The summed E-state index contributed by atoms with van der Waals surface area (Å²) in [7, 11) is 0. The lowest BCUT2D eigenvalue weighted by Crippen LogP contribution is -1.91. The molecule has 0 unspecified atom stereocenters. The molecule has 0 aliphatic rings. The van der Waals surface area contributed by atoms with Crippen LogP contribution in [0.25, 0.3) is 28.2 Å². The molecule has 0 saturated carbocycles. The zero-order chi connectivity index (χ0) is 18.1. The van der Waals surface area contributed by atoms with Crippen LogP contribution in [0.4, 0.5) is 0 Å². The lowest BCUT2D eigenvalue weighted by Gasteiger charge is -1.98. The number of hydrogen-bond acceptors (Lipinski definition) is 7. The molecule has 0 radical (unpaired) electrons. The fourth-order valence-corrected chi connectivity index (χ4v) is 3.79. The number of nitrogens with zero attached hydrogens (tertiary/aromatic N) is 6. The van der Waals surface area contributed by atoms with Gasteiger partial charge in [-0.2, -0.15) is 4.98 Å². The summed E-state index contributed by atoms with van der Waals surface area (Å²) in [5.41, 5.74) is 2.87. The summed E-state index contributed by atoms with van der Waals surface area (Å²) in [5, 5.41) is 12.3. The fourth-order valence-electron chi connectivity index (χ4n) is 2.89. The molecule has 4 aromatic heterocycles. The Kier molecular flexibility index (Phi) is 4.06. The summed E-state index contributed by atoms with van der Waals surface area (Å²) in [6.45, 7) is 0. The second-order valence-corrected chi connectivity index (χ2v) is 7.03. The predicted octanol–water partition coefficient (Wildman–Crippen LogP) is 3.38. The van der Waals surface area contributed by atoms with Crippen LogP contribution in [-0.4, -0.2) is 40.5 Å². The number of aryl methyl sites for hydroxylation is 1. The Morgan fingerprint density at radius 2 is 2.07 bits per heavy atom. The van der Waals surface area contributed by atoms with Crippen LogP contribution in [0.15, 0.2) is 58.5 Å². The molecule has 0 aliphatic heterocycles. The summed E-state index contributed by atoms with van der Waals surface area (Å²) in [6, 6.07) is 11.8. The van der Waals surface area contributed by atoms with Crippen LogP contribution in [0.2, 0.25) is 0 Å². The minimum Gasteiger partial charge on any atom is -0.339 e. The van der Waals surface area contributed by atoms with Gasteiger partial charge in [-0.25, -0.2) is 10.1 Å². The summed E-state index contributed by atoms with van der Waals surface area (Å²) in [4.78, 5) is 13.0. The van der Waals surface area contributed by atoms with Gasteiger partial charge >= 0.3 is 0 Å². The average molecular weight is 377 g/mol. The first-order valence-corrected chi connectivity index (χ1v) is 9.54. The Labute approximate surface area is 158 Å². The highest BCUT2D eigenvalue weighted by Crippen LogP contribution is 2.23. The number of H-pyrrole nitrogens is 1. The average Bonchev–Trinajstić information content (AvgIpc) is 3.42. The molecule has 0 atom stereocenters. The molecule has 5 rings (SSSR count). The van der Waals surface area contributed by atoms with Crippen LogP contribution < -0.4 is 0 Å². The van der Waals surface area contributed by atoms with E-state index in [0.29, 0.717) is 11.7 Å². The van der Waals surface area contributed by atoms with Crippen molar-refractivity contribution in [3.05, 3.63) is 54.7 Å². The molecule has 4 heterocycles. The Hall–Kier alpha value is -3.20. The largest absolute Gasteiger partial charge is 0.339 e. The summed E-state index contributed by atoms with van der Waals surface area (Å²) in [5.74, 6) is 2.85. The molecule has 0 amide bonds. The number of aromatic nitrogens is 7. The third-order valence-corrected chi connectivity index (χ3v) is 5.18. The lowest BCUT2D eigenvalue weighted by molar-refractivity contribution is 0.378. The first kappa shape index (κ1) is 16.0. The Balaban J connectivity index is 1.23. The predicted molar refractivity (Wildman–Crippen MR) is 101 cm³/mol. The molecule has 0 bridgehead atoms. The summed E-state index contributed by atoms with van der Waals surface area (Å²) in [6.07, 6.45) is 5.07. The van der Waals surface area contributed by atoms with E-state index in [-0.39, 0.29) is 0 Å². The van der Waals surface area contributed by atoms with Crippen molar-refractivity contribution in [1.29, 1.82) is 0 Å².